The fourth-order valence-electron chi connectivity index (χ4n) is 1.85. The van der Waals surface area contributed by atoms with Gasteiger partial charge in [-0.3, -0.25) is 0 Å². The standard InChI is InChI=1S/C15H16BrNO/c1-10-6-7-14(17)11(2)15(10)18-9-12-4-3-5-13(16)8-12/h3-8H,9,17H2,1-2H3. The van der Waals surface area contributed by atoms with E-state index in [1.807, 2.05) is 44.2 Å². The summed E-state index contributed by atoms with van der Waals surface area (Å²) in [6.45, 7) is 4.56. The minimum Gasteiger partial charge on any atom is -0.488 e. The fourth-order valence-corrected chi connectivity index (χ4v) is 2.29. The molecule has 2 N–H and O–H groups in total. The van der Waals surface area contributed by atoms with Gasteiger partial charge in [-0.05, 0) is 43.2 Å². The molecule has 0 spiro atoms. The van der Waals surface area contributed by atoms with Gasteiger partial charge in [0.25, 0.3) is 0 Å². The van der Waals surface area contributed by atoms with E-state index >= 15 is 0 Å². The lowest BCUT2D eigenvalue weighted by atomic mass is 10.1. The van der Waals surface area contributed by atoms with Crippen molar-refractivity contribution < 1.29 is 4.74 Å². The summed E-state index contributed by atoms with van der Waals surface area (Å²) >= 11 is 3.45. The Morgan fingerprint density at radius 1 is 1.17 bits per heavy atom. The monoisotopic (exact) mass is 305 g/mol. The molecule has 0 amide bonds. The third kappa shape index (κ3) is 2.85. The Hall–Kier alpha value is -1.48. The molecule has 2 nitrogen and oxygen atoms in total. The summed E-state index contributed by atoms with van der Waals surface area (Å²) in [6, 6.07) is 12.0. The Labute approximate surface area is 116 Å². The minimum absolute atomic E-state index is 0.546. The lowest BCUT2D eigenvalue weighted by Crippen LogP contribution is -2.01. The predicted molar refractivity (Wildman–Crippen MR) is 78.8 cm³/mol. The van der Waals surface area contributed by atoms with Crippen LogP contribution in [0.25, 0.3) is 0 Å². The molecule has 0 saturated carbocycles. The van der Waals surface area contributed by atoms with Crippen LogP contribution in [-0.4, -0.2) is 0 Å². The molecule has 0 unspecified atom stereocenters. The van der Waals surface area contributed by atoms with Gasteiger partial charge >= 0.3 is 0 Å². The normalized spacial score (nSPS) is 10.4. The highest BCUT2D eigenvalue weighted by Gasteiger charge is 2.07. The smallest absolute Gasteiger partial charge is 0.127 e. The summed E-state index contributed by atoms with van der Waals surface area (Å²) < 4.78 is 6.95. The van der Waals surface area contributed by atoms with E-state index in [9.17, 15) is 0 Å². The Morgan fingerprint density at radius 2 is 1.94 bits per heavy atom. The van der Waals surface area contributed by atoms with Gasteiger partial charge in [0.05, 0.1) is 0 Å². The Balaban J connectivity index is 2.18. The van der Waals surface area contributed by atoms with Gasteiger partial charge in [0.15, 0.2) is 0 Å². The number of anilines is 1. The number of rotatable bonds is 3. The number of aryl methyl sites for hydroxylation is 1. The maximum absolute atomic E-state index is 5.90. The van der Waals surface area contributed by atoms with Crippen LogP contribution < -0.4 is 10.5 Å². The van der Waals surface area contributed by atoms with Gasteiger partial charge in [-0.2, -0.15) is 0 Å². The van der Waals surface area contributed by atoms with Crippen LogP contribution in [0.4, 0.5) is 5.69 Å². The highest BCUT2D eigenvalue weighted by Crippen LogP contribution is 2.28. The molecule has 0 bridgehead atoms. The first-order valence-corrected chi connectivity index (χ1v) is 6.60. The van der Waals surface area contributed by atoms with Crippen LogP contribution in [0.5, 0.6) is 5.75 Å². The van der Waals surface area contributed by atoms with Crippen molar-refractivity contribution in [3.05, 3.63) is 57.6 Å². The van der Waals surface area contributed by atoms with Crippen LogP contribution in [0.15, 0.2) is 40.9 Å². The van der Waals surface area contributed by atoms with Crippen molar-refractivity contribution in [1.82, 2.24) is 0 Å². The van der Waals surface area contributed by atoms with Crippen LogP contribution in [0.3, 0.4) is 0 Å². The molecule has 2 aromatic rings. The van der Waals surface area contributed by atoms with Crippen LogP contribution >= 0.6 is 15.9 Å². The first-order chi connectivity index (χ1) is 8.58. The molecule has 3 heteroatoms. The summed E-state index contributed by atoms with van der Waals surface area (Å²) in [4.78, 5) is 0. The summed E-state index contributed by atoms with van der Waals surface area (Å²) in [7, 11) is 0. The van der Waals surface area contributed by atoms with E-state index in [1.165, 1.54) is 0 Å². The molecule has 18 heavy (non-hydrogen) atoms. The van der Waals surface area contributed by atoms with Crippen molar-refractivity contribution in [2.24, 2.45) is 0 Å². The van der Waals surface area contributed by atoms with Gasteiger partial charge in [-0.15, -0.1) is 0 Å². The van der Waals surface area contributed by atoms with Gasteiger partial charge < -0.3 is 10.5 Å². The number of ether oxygens (including phenoxy) is 1. The second-order valence-electron chi connectivity index (χ2n) is 4.34. The van der Waals surface area contributed by atoms with Crippen LogP contribution in [0.2, 0.25) is 0 Å². The third-order valence-corrected chi connectivity index (χ3v) is 3.41. The molecule has 94 valence electrons. The van der Waals surface area contributed by atoms with Crippen molar-refractivity contribution >= 4 is 21.6 Å². The van der Waals surface area contributed by atoms with E-state index in [-0.39, 0.29) is 0 Å². The van der Waals surface area contributed by atoms with Crippen molar-refractivity contribution in [3.8, 4) is 5.75 Å². The molecule has 0 aromatic heterocycles. The number of halogens is 1. The molecule has 2 aromatic carbocycles. The number of nitrogens with two attached hydrogens (primary N) is 1. The lowest BCUT2D eigenvalue weighted by molar-refractivity contribution is 0.302. The number of nitrogen functional groups attached to an aromatic ring is 1. The zero-order valence-electron chi connectivity index (χ0n) is 10.5. The van der Waals surface area contributed by atoms with Gasteiger partial charge in [0, 0.05) is 15.7 Å². The molecule has 0 aliphatic rings. The van der Waals surface area contributed by atoms with E-state index in [0.717, 1.165) is 32.6 Å². The van der Waals surface area contributed by atoms with Gasteiger partial charge in [0.2, 0.25) is 0 Å². The Kier molecular flexibility index (Phi) is 3.92. The van der Waals surface area contributed by atoms with Crippen molar-refractivity contribution in [2.75, 3.05) is 5.73 Å². The summed E-state index contributed by atoms with van der Waals surface area (Å²) in [5, 5.41) is 0. The number of hydrogen-bond donors (Lipinski definition) is 1. The predicted octanol–water partition coefficient (Wildman–Crippen LogP) is 4.23. The fraction of sp³-hybridized carbons (Fsp3) is 0.200. The average molecular weight is 306 g/mol. The second kappa shape index (κ2) is 5.44. The maximum atomic E-state index is 5.90. The van der Waals surface area contributed by atoms with Crippen LogP contribution in [-0.2, 0) is 6.61 Å². The first kappa shape index (κ1) is 13.0. The van der Waals surface area contributed by atoms with E-state index in [4.69, 9.17) is 10.5 Å². The van der Waals surface area contributed by atoms with Crippen molar-refractivity contribution in [1.29, 1.82) is 0 Å². The molecule has 0 heterocycles. The Bertz CT molecular complexity index is 566. The Morgan fingerprint density at radius 3 is 2.67 bits per heavy atom. The van der Waals surface area contributed by atoms with E-state index in [0.29, 0.717) is 6.61 Å². The number of hydrogen-bond acceptors (Lipinski definition) is 2. The molecular weight excluding hydrogens is 290 g/mol. The average Bonchev–Trinajstić information content (AvgIpc) is 2.34. The van der Waals surface area contributed by atoms with Crippen molar-refractivity contribution in [3.63, 3.8) is 0 Å². The molecule has 0 aliphatic carbocycles. The summed E-state index contributed by atoms with van der Waals surface area (Å²) in [5.74, 6) is 0.884. The third-order valence-electron chi connectivity index (χ3n) is 2.92. The molecule has 0 fully saturated rings. The van der Waals surface area contributed by atoms with E-state index < -0.39 is 0 Å². The summed E-state index contributed by atoms with van der Waals surface area (Å²) in [5.41, 5.74) is 9.91. The highest BCUT2D eigenvalue weighted by molar-refractivity contribution is 9.10. The quantitative estimate of drug-likeness (QED) is 0.861. The molecular formula is C15H16BrNO. The molecule has 0 aliphatic heterocycles. The highest BCUT2D eigenvalue weighted by atomic mass is 79.9. The molecule has 0 atom stereocenters. The van der Waals surface area contributed by atoms with Crippen LogP contribution in [0.1, 0.15) is 16.7 Å². The van der Waals surface area contributed by atoms with Gasteiger partial charge in [-0.1, -0.05) is 34.1 Å². The zero-order valence-corrected chi connectivity index (χ0v) is 12.1. The zero-order chi connectivity index (χ0) is 13.1. The van der Waals surface area contributed by atoms with Gasteiger partial charge in [0.1, 0.15) is 12.4 Å². The van der Waals surface area contributed by atoms with E-state index in [1.54, 1.807) is 0 Å². The lowest BCUT2D eigenvalue weighted by Gasteiger charge is -2.13. The maximum Gasteiger partial charge on any atom is 0.127 e. The van der Waals surface area contributed by atoms with Crippen LogP contribution in [0, 0.1) is 13.8 Å². The van der Waals surface area contributed by atoms with Gasteiger partial charge in [-0.25, -0.2) is 0 Å². The molecule has 0 saturated heterocycles. The minimum atomic E-state index is 0.546. The summed E-state index contributed by atoms with van der Waals surface area (Å²) in [6.07, 6.45) is 0. The molecule has 0 radical (unpaired) electrons. The molecule has 2 rings (SSSR count). The van der Waals surface area contributed by atoms with Crippen molar-refractivity contribution in [2.45, 2.75) is 20.5 Å². The SMILES string of the molecule is Cc1ccc(N)c(C)c1OCc1cccc(Br)c1. The largest absolute Gasteiger partial charge is 0.488 e. The topological polar surface area (TPSA) is 35.2 Å². The number of benzene rings is 2. The second-order valence-corrected chi connectivity index (χ2v) is 5.26. The van der Waals surface area contributed by atoms with E-state index in [2.05, 4.69) is 22.0 Å². The first-order valence-electron chi connectivity index (χ1n) is 5.81.